The molecule has 0 aromatic carbocycles. The van der Waals surface area contributed by atoms with Crippen LogP contribution in [0.1, 0.15) is 64.0 Å². The Morgan fingerprint density at radius 3 is 2.71 bits per heavy atom. The van der Waals surface area contributed by atoms with E-state index in [-0.39, 0.29) is 0 Å². The van der Waals surface area contributed by atoms with Crippen LogP contribution in [0.3, 0.4) is 0 Å². The van der Waals surface area contributed by atoms with Gasteiger partial charge in [-0.2, -0.15) is 0 Å². The smallest absolute Gasteiger partial charge is 0.118 e. The second-order valence-electron chi connectivity index (χ2n) is 7.03. The zero-order valence-corrected chi connectivity index (χ0v) is 14.2. The quantitative estimate of drug-likeness (QED) is 0.842. The lowest BCUT2D eigenvalue weighted by molar-refractivity contribution is -0.00784. The molecule has 1 aromatic heterocycles. The molecule has 0 spiro atoms. The van der Waals surface area contributed by atoms with Crippen LogP contribution >= 0.6 is 0 Å². The Bertz CT molecular complexity index is 438. The molecule has 0 bridgehead atoms. The molecule has 1 aliphatic carbocycles. The molecule has 1 fully saturated rings. The summed E-state index contributed by atoms with van der Waals surface area (Å²) in [7, 11) is 0. The molecular weight excluding hydrogens is 262 g/mol. The van der Waals surface area contributed by atoms with Crippen molar-refractivity contribution in [1.82, 2.24) is 5.32 Å². The van der Waals surface area contributed by atoms with Gasteiger partial charge in [-0.15, -0.1) is 0 Å². The van der Waals surface area contributed by atoms with Gasteiger partial charge in [-0.3, -0.25) is 0 Å². The highest BCUT2D eigenvalue weighted by Crippen LogP contribution is 2.31. The second kappa shape index (κ2) is 7.46. The van der Waals surface area contributed by atoms with Crippen LogP contribution in [0.2, 0.25) is 0 Å². The lowest BCUT2D eigenvalue weighted by Crippen LogP contribution is -2.26. The van der Waals surface area contributed by atoms with Crippen molar-refractivity contribution in [2.24, 2.45) is 11.8 Å². The highest BCUT2D eigenvalue weighted by atomic mass is 16.5. The number of furan rings is 1. The Morgan fingerprint density at radius 1 is 1.29 bits per heavy atom. The van der Waals surface area contributed by atoms with Gasteiger partial charge >= 0.3 is 0 Å². The Hall–Kier alpha value is -0.800. The standard InChI is InChI=1S/C18H31NO2/c1-12(2)19-10-18-9-16(15(5)21-18)11-20-17-7-6-13(3)14(4)8-17/h9,12-14,17,19H,6-8,10-11H2,1-5H3. The van der Waals surface area contributed by atoms with E-state index in [0.29, 0.717) is 18.8 Å². The summed E-state index contributed by atoms with van der Waals surface area (Å²) in [5.74, 6) is 3.62. The first-order valence-electron chi connectivity index (χ1n) is 8.39. The topological polar surface area (TPSA) is 34.4 Å². The Kier molecular flexibility index (Phi) is 5.88. The minimum Gasteiger partial charge on any atom is -0.465 e. The first-order chi connectivity index (χ1) is 9.95. The van der Waals surface area contributed by atoms with Gasteiger partial charge in [-0.1, -0.05) is 27.7 Å². The van der Waals surface area contributed by atoms with Crippen LogP contribution in [-0.4, -0.2) is 12.1 Å². The van der Waals surface area contributed by atoms with Crippen LogP contribution in [0.4, 0.5) is 0 Å². The molecule has 3 unspecified atom stereocenters. The van der Waals surface area contributed by atoms with E-state index in [9.17, 15) is 0 Å². The van der Waals surface area contributed by atoms with Gasteiger partial charge < -0.3 is 14.5 Å². The van der Waals surface area contributed by atoms with Crippen molar-refractivity contribution in [3.63, 3.8) is 0 Å². The molecule has 0 radical (unpaired) electrons. The van der Waals surface area contributed by atoms with Crippen LogP contribution in [0, 0.1) is 18.8 Å². The number of hydrogen-bond donors (Lipinski definition) is 1. The summed E-state index contributed by atoms with van der Waals surface area (Å²) in [5.41, 5.74) is 1.20. The molecule has 1 aliphatic rings. The van der Waals surface area contributed by atoms with E-state index in [0.717, 1.165) is 29.9 Å². The lowest BCUT2D eigenvalue weighted by Gasteiger charge is -2.31. The van der Waals surface area contributed by atoms with E-state index >= 15 is 0 Å². The van der Waals surface area contributed by atoms with Crippen LogP contribution < -0.4 is 5.32 Å². The number of rotatable bonds is 6. The maximum atomic E-state index is 6.13. The van der Waals surface area contributed by atoms with Crippen molar-refractivity contribution in [2.75, 3.05) is 0 Å². The highest BCUT2D eigenvalue weighted by molar-refractivity contribution is 5.20. The molecule has 0 saturated heterocycles. The van der Waals surface area contributed by atoms with E-state index in [1.165, 1.54) is 24.8 Å². The SMILES string of the molecule is Cc1oc(CNC(C)C)cc1COC1CCC(C)C(C)C1. The molecule has 1 saturated carbocycles. The van der Waals surface area contributed by atoms with Gasteiger partial charge in [0.2, 0.25) is 0 Å². The molecule has 3 atom stereocenters. The van der Waals surface area contributed by atoms with E-state index in [4.69, 9.17) is 9.15 Å². The maximum Gasteiger partial charge on any atom is 0.118 e. The predicted molar refractivity (Wildman–Crippen MR) is 86.2 cm³/mol. The van der Waals surface area contributed by atoms with Crippen molar-refractivity contribution in [1.29, 1.82) is 0 Å². The summed E-state index contributed by atoms with van der Waals surface area (Å²) in [6.45, 7) is 12.5. The van der Waals surface area contributed by atoms with Crippen molar-refractivity contribution in [3.8, 4) is 0 Å². The number of ether oxygens (including phenoxy) is 1. The van der Waals surface area contributed by atoms with Gasteiger partial charge in [-0.05, 0) is 44.1 Å². The second-order valence-corrected chi connectivity index (χ2v) is 7.03. The van der Waals surface area contributed by atoms with Gasteiger partial charge in [0, 0.05) is 11.6 Å². The van der Waals surface area contributed by atoms with Crippen LogP contribution in [-0.2, 0) is 17.9 Å². The molecular formula is C18H31NO2. The van der Waals surface area contributed by atoms with E-state index in [2.05, 4.69) is 39.1 Å². The fourth-order valence-corrected chi connectivity index (χ4v) is 2.98. The summed E-state index contributed by atoms with van der Waals surface area (Å²) in [5, 5.41) is 3.38. The van der Waals surface area contributed by atoms with Gasteiger partial charge in [0.15, 0.2) is 0 Å². The summed E-state index contributed by atoms with van der Waals surface area (Å²) in [6, 6.07) is 2.61. The molecule has 0 aliphatic heterocycles. The third kappa shape index (κ3) is 4.86. The zero-order valence-electron chi connectivity index (χ0n) is 14.2. The average Bonchev–Trinajstić information content (AvgIpc) is 2.78. The summed E-state index contributed by atoms with van der Waals surface area (Å²) < 4.78 is 11.9. The predicted octanol–water partition coefficient (Wildman–Crippen LogP) is 4.43. The minimum absolute atomic E-state index is 0.419. The van der Waals surface area contributed by atoms with E-state index in [1.54, 1.807) is 0 Å². The van der Waals surface area contributed by atoms with E-state index in [1.807, 2.05) is 6.92 Å². The number of aryl methyl sites for hydroxylation is 1. The Morgan fingerprint density at radius 2 is 2.05 bits per heavy atom. The third-order valence-corrected chi connectivity index (χ3v) is 4.78. The van der Waals surface area contributed by atoms with Gasteiger partial charge in [0.1, 0.15) is 11.5 Å². The Labute approximate surface area is 129 Å². The molecule has 1 N–H and O–H groups in total. The first kappa shape index (κ1) is 16.6. The number of nitrogens with one attached hydrogen (secondary N) is 1. The van der Waals surface area contributed by atoms with Gasteiger partial charge in [-0.25, -0.2) is 0 Å². The fraction of sp³-hybridized carbons (Fsp3) is 0.778. The molecule has 2 rings (SSSR count). The lowest BCUT2D eigenvalue weighted by atomic mass is 9.80. The summed E-state index contributed by atoms with van der Waals surface area (Å²) >= 11 is 0. The van der Waals surface area contributed by atoms with Gasteiger partial charge in [0.25, 0.3) is 0 Å². The van der Waals surface area contributed by atoms with Crippen molar-refractivity contribution in [3.05, 3.63) is 23.2 Å². The highest BCUT2D eigenvalue weighted by Gasteiger charge is 2.25. The molecule has 1 aromatic rings. The maximum absolute atomic E-state index is 6.13. The molecule has 120 valence electrons. The van der Waals surface area contributed by atoms with Crippen molar-refractivity contribution < 1.29 is 9.15 Å². The number of hydrogen-bond acceptors (Lipinski definition) is 3. The van der Waals surface area contributed by atoms with Crippen LogP contribution in [0.25, 0.3) is 0 Å². The molecule has 3 heteroatoms. The summed E-state index contributed by atoms with van der Waals surface area (Å²) in [4.78, 5) is 0. The monoisotopic (exact) mass is 293 g/mol. The molecule has 3 nitrogen and oxygen atoms in total. The van der Waals surface area contributed by atoms with E-state index < -0.39 is 0 Å². The summed E-state index contributed by atoms with van der Waals surface area (Å²) in [6.07, 6.45) is 4.10. The average molecular weight is 293 g/mol. The van der Waals surface area contributed by atoms with Crippen LogP contribution in [0.15, 0.2) is 10.5 Å². The minimum atomic E-state index is 0.419. The third-order valence-electron chi connectivity index (χ3n) is 4.78. The molecule has 0 amide bonds. The first-order valence-corrected chi connectivity index (χ1v) is 8.39. The molecule has 21 heavy (non-hydrogen) atoms. The normalized spacial score (nSPS) is 26.5. The fourth-order valence-electron chi connectivity index (χ4n) is 2.98. The Balaban J connectivity index is 1.83. The van der Waals surface area contributed by atoms with Crippen LogP contribution in [0.5, 0.6) is 0 Å². The van der Waals surface area contributed by atoms with Crippen molar-refractivity contribution in [2.45, 2.75) is 79.2 Å². The molecule has 1 heterocycles. The largest absolute Gasteiger partial charge is 0.465 e. The van der Waals surface area contributed by atoms with Gasteiger partial charge in [0.05, 0.1) is 19.3 Å². The van der Waals surface area contributed by atoms with Crippen molar-refractivity contribution >= 4 is 0 Å². The zero-order chi connectivity index (χ0) is 15.4.